The SMILES string of the molecule is CC(CCl)NC(=O)C1Cc2ccccc2S1. The smallest absolute Gasteiger partial charge is 0.234 e. The molecule has 0 aliphatic carbocycles. The minimum absolute atomic E-state index is 0.00284. The quantitative estimate of drug-likeness (QED) is 0.841. The third kappa shape index (κ3) is 2.53. The van der Waals surface area contributed by atoms with Crippen molar-refractivity contribution in [3.05, 3.63) is 29.8 Å². The molecule has 0 aromatic heterocycles. The van der Waals surface area contributed by atoms with Gasteiger partial charge in [0.25, 0.3) is 0 Å². The first kappa shape index (κ1) is 11.8. The Hall–Kier alpha value is -0.670. The summed E-state index contributed by atoms with van der Waals surface area (Å²) in [4.78, 5) is 13.1. The highest BCUT2D eigenvalue weighted by molar-refractivity contribution is 8.01. The molecule has 1 aliphatic rings. The molecule has 0 radical (unpaired) electrons. The molecule has 4 heteroatoms. The van der Waals surface area contributed by atoms with Gasteiger partial charge < -0.3 is 5.32 Å². The third-order valence-corrected chi connectivity index (χ3v) is 4.34. The molecule has 0 saturated heterocycles. The Morgan fingerprint density at radius 3 is 3.06 bits per heavy atom. The van der Waals surface area contributed by atoms with Gasteiger partial charge in [0.05, 0.1) is 5.25 Å². The summed E-state index contributed by atoms with van der Waals surface area (Å²) in [6.07, 6.45) is 0.821. The number of amides is 1. The summed E-state index contributed by atoms with van der Waals surface area (Å²) in [6.45, 7) is 1.91. The van der Waals surface area contributed by atoms with E-state index in [2.05, 4.69) is 17.4 Å². The van der Waals surface area contributed by atoms with Crippen LogP contribution in [0.25, 0.3) is 0 Å². The van der Waals surface area contributed by atoms with Crippen LogP contribution in [0, 0.1) is 0 Å². The largest absolute Gasteiger partial charge is 0.351 e. The van der Waals surface area contributed by atoms with E-state index in [1.165, 1.54) is 10.5 Å². The van der Waals surface area contributed by atoms with Crippen molar-refractivity contribution >= 4 is 29.3 Å². The molecule has 0 fully saturated rings. The van der Waals surface area contributed by atoms with E-state index in [0.717, 1.165) is 6.42 Å². The Morgan fingerprint density at radius 1 is 1.62 bits per heavy atom. The van der Waals surface area contributed by atoms with E-state index >= 15 is 0 Å². The molecule has 1 heterocycles. The predicted molar refractivity (Wildman–Crippen MR) is 68.1 cm³/mol. The van der Waals surface area contributed by atoms with E-state index in [4.69, 9.17) is 11.6 Å². The second-order valence-electron chi connectivity index (χ2n) is 3.98. The predicted octanol–water partition coefficient (Wildman–Crippen LogP) is 2.45. The van der Waals surface area contributed by atoms with E-state index in [0.29, 0.717) is 5.88 Å². The van der Waals surface area contributed by atoms with Crippen molar-refractivity contribution in [1.29, 1.82) is 0 Å². The average molecular weight is 256 g/mol. The fraction of sp³-hybridized carbons (Fsp3) is 0.417. The van der Waals surface area contributed by atoms with Crippen LogP contribution in [0.1, 0.15) is 12.5 Å². The Morgan fingerprint density at radius 2 is 2.38 bits per heavy atom. The summed E-state index contributed by atoms with van der Waals surface area (Å²) in [6, 6.07) is 8.21. The van der Waals surface area contributed by atoms with Gasteiger partial charge in [-0.15, -0.1) is 23.4 Å². The molecule has 2 unspecified atom stereocenters. The lowest BCUT2D eigenvalue weighted by Crippen LogP contribution is -2.39. The second kappa shape index (κ2) is 5.11. The van der Waals surface area contributed by atoms with Gasteiger partial charge in [-0.2, -0.15) is 0 Å². The van der Waals surface area contributed by atoms with Crippen molar-refractivity contribution in [2.24, 2.45) is 0 Å². The van der Waals surface area contributed by atoms with Crippen LogP contribution in [0.15, 0.2) is 29.2 Å². The van der Waals surface area contributed by atoms with E-state index in [9.17, 15) is 4.79 Å². The summed E-state index contributed by atoms with van der Waals surface area (Å²) in [7, 11) is 0. The molecule has 1 aromatic carbocycles. The van der Waals surface area contributed by atoms with Crippen molar-refractivity contribution in [2.75, 3.05) is 5.88 Å². The van der Waals surface area contributed by atoms with Crippen LogP contribution in [0.3, 0.4) is 0 Å². The van der Waals surface area contributed by atoms with Gasteiger partial charge in [0.2, 0.25) is 5.91 Å². The highest BCUT2D eigenvalue weighted by Crippen LogP contribution is 2.36. The molecule has 1 amide bonds. The number of hydrogen-bond donors (Lipinski definition) is 1. The molecule has 0 spiro atoms. The summed E-state index contributed by atoms with van der Waals surface area (Å²) >= 11 is 7.31. The number of thioether (sulfide) groups is 1. The van der Waals surface area contributed by atoms with Gasteiger partial charge in [0, 0.05) is 16.8 Å². The Balaban J connectivity index is 1.98. The van der Waals surface area contributed by atoms with Crippen molar-refractivity contribution in [3.63, 3.8) is 0 Å². The van der Waals surface area contributed by atoms with Gasteiger partial charge in [0.1, 0.15) is 0 Å². The van der Waals surface area contributed by atoms with Crippen LogP contribution in [0.2, 0.25) is 0 Å². The molecule has 0 bridgehead atoms. The van der Waals surface area contributed by atoms with Gasteiger partial charge in [-0.3, -0.25) is 4.79 Å². The summed E-state index contributed by atoms with van der Waals surface area (Å²) in [5, 5.41) is 2.92. The minimum atomic E-state index is 0.00284. The number of carbonyl (C=O) groups excluding carboxylic acids is 1. The Bertz CT molecular complexity index is 371. The van der Waals surface area contributed by atoms with Gasteiger partial charge >= 0.3 is 0 Å². The average Bonchev–Trinajstić information content (AvgIpc) is 2.72. The third-order valence-electron chi connectivity index (χ3n) is 2.56. The second-order valence-corrected chi connectivity index (χ2v) is 5.54. The van der Waals surface area contributed by atoms with Crippen molar-refractivity contribution in [3.8, 4) is 0 Å². The number of benzene rings is 1. The van der Waals surface area contributed by atoms with Crippen LogP contribution in [-0.4, -0.2) is 23.1 Å². The van der Waals surface area contributed by atoms with E-state index < -0.39 is 0 Å². The lowest BCUT2D eigenvalue weighted by atomic mass is 10.1. The molecule has 16 heavy (non-hydrogen) atoms. The monoisotopic (exact) mass is 255 g/mol. The normalized spacial score (nSPS) is 20.2. The molecule has 0 saturated carbocycles. The van der Waals surface area contributed by atoms with Crippen LogP contribution in [0.5, 0.6) is 0 Å². The van der Waals surface area contributed by atoms with Crippen molar-refractivity contribution in [2.45, 2.75) is 29.5 Å². The fourth-order valence-electron chi connectivity index (χ4n) is 1.70. The van der Waals surface area contributed by atoms with Gasteiger partial charge in [-0.25, -0.2) is 0 Å². The maximum Gasteiger partial charge on any atom is 0.234 e. The minimum Gasteiger partial charge on any atom is -0.351 e. The molecule has 2 rings (SSSR count). The number of fused-ring (bicyclic) bond motifs is 1. The zero-order valence-electron chi connectivity index (χ0n) is 9.07. The maximum absolute atomic E-state index is 11.9. The van der Waals surface area contributed by atoms with Crippen molar-refractivity contribution in [1.82, 2.24) is 5.32 Å². The molecule has 2 nitrogen and oxygen atoms in total. The van der Waals surface area contributed by atoms with Crippen LogP contribution in [0.4, 0.5) is 0 Å². The van der Waals surface area contributed by atoms with E-state index in [-0.39, 0.29) is 17.2 Å². The van der Waals surface area contributed by atoms with Gasteiger partial charge in [0.15, 0.2) is 0 Å². The fourth-order valence-corrected chi connectivity index (χ4v) is 2.98. The van der Waals surface area contributed by atoms with Crippen LogP contribution < -0.4 is 5.32 Å². The molecule has 86 valence electrons. The Kier molecular flexibility index (Phi) is 3.77. The summed E-state index contributed by atoms with van der Waals surface area (Å²) < 4.78 is 0. The number of carbonyl (C=O) groups is 1. The highest BCUT2D eigenvalue weighted by Gasteiger charge is 2.28. The molecule has 1 N–H and O–H groups in total. The molecular formula is C12H14ClNOS. The van der Waals surface area contributed by atoms with E-state index in [1.807, 2.05) is 19.1 Å². The zero-order valence-corrected chi connectivity index (χ0v) is 10.6. The lowest BCUT2D eigenvalue weighted by Gasteiger charge is -2.13. The van der Waals surface area contributed by atoms with Crippen LogP contribution in [-0.2, 0) is 11.2 Å². The first-order valence-corrected chi connectivity index (χ1v) is 6.73. The van der Waals surface area contributed by atoms with Gasteiger partial charge in [-0.05, 0) is 25.0 Å². The number of alkyl halides is 1. The lowest BCUT2D eigenvalue weighted by molar-refractivity contribution is -0.120. The number of halogens is 1. The number of nitrogens with one attached hydrogen (secondary N) is 1. The first-order valence-electron chi connectivity index (χ1n) is 5.31. The zero-order chi connectivity index (χ0) is 11.5. The molecular weight excluding hydrogens is 242 g/mol. The number of rotatable bonds is 3. The summed E-state index contributed by atoms with van der Waals surface area (Å²) in [5.41, 5.74) is 1.27. The standard InChI is InChI=1S/C12H14ClNOS/c1-8(7-13)14-12(15)11-6-9-4-2-3-5-10(9)16-11/h2-5,8,11H,6-7H2,1H3,(H,14,15). The van der Waals surface area contributed by atoms with E-state index in [1.54, 1.807) is 11.8 Å². The van der Waals surface area contributed by atoms with Crippen molar-refractivity contribution < 1.29 is 4.79 Å². The summed E-state index contributed by atoms with van der Waals surface area (Å²) in [5.74, 6) is 0.546. The Labute approximate surface area is 105 Å². The van der Waals surface area contributed by atoms with Gasteiger partial charge in [-0.1, -0.05) is 18.2 Å². The molecule has 2 atom stereocenters. The highest BCUT2D eigenvalue weighted by atomic mass is 35.5. The first-order chi connectivity index (χ1) is 7.70. The topological polar surface area (TPSA) is 29.1 Å². The van der Waals surface area contributed by atoms with Crippen LogP contribution >= 0.6 is 23.4 Å². The number of hydrogen-bond acceptors (Lipinski definition) is 2. The molecule has 1 aliphatic heterocycles. The maximum atomic E-state index is 11.9. The molecule has 1 aromatic rings.